The molecule has 0 fully saturated rings. The first-order valence-corrected chi connectivity index (χ1v) is 9.53. The topological polar surface area (TPSA) is 57.4 Å². The lowest BCUT2D eigenvalue weighted by Crippen LogP contribution is -2.15. The monoisotopic (exact) mass is 410 g/mol. The molecule has 0 spiro atoms. The number of rotatable bonds is 4. The maximum Gasteiger partial charge on any atom is 0.277 e. The number of fused-ring (bicyclic) bond motifs is 1. The molecule has 1 aromatic carbocycles. The van der Waals surface area contributed by atoms with Crippen LogP contribution in [-0.2, 0) is 5.75 Å². The van der Waals surface area contributed by atoms with Crippen LogP contribution in [0.2, 0.25) is 0 Å². The van der Waals surface area contributed by atoms with Crippen LogP contribution in [0.1, 0.15) is 5.56 Å². The van der Waals surface area contributed by atoms with Gasteiger partial charge in [0.25, 0.3) is 11.1 Å². The van der Waals surface area contributed by atoms with Crippen molar-refractivity contribution >= 4 is 39.0 Å². The molecule has 0 saturated heterocycles. The van der Waals surface area contributed by atoms with Gasteiger partial charge in [-0.05, 0) is 29.1 Å². The van der Waals surface area contributed by atoms with Crippen LogP contribution in [0.15, 0.2) is 43.8 Å². The summed E-state index contributed by atoms with van der Waals surface area (Å²) in [5, 5.41) is 10.7. The molecule has 3 heterocycles. The van der Waals surface area contributed by atoms with Crippen molar-refractivity contribution in [3.05, 3.63) is 39.7 Å². The van der Waals surface area contributed by atoms with Gasteiger partial charge in [-0.25, -0.2) is 0 Å². The van der Waals surface area contributed by atoms with Crippen molar-refractivity contribution in [3.8, 4) is 22.3 Å². The van der Waals surface area contributed by atoms with Crippen LogP contribution in [0.25, 0.3) is 10.8 Å². The number of benzene rings is 1. The quantitative estimate of drug-likeness (QED) is 0.584. The molecule has 0 aliphatic carbocycles. The second kappa shape index (κ2) is 6.54. The van der Waals surface area contributed by atoms with E-state index >= 15 is 0 Å². The molecule has 0 unspecified atom stereocenters. The van der Waals surface area contributed by atoms with E-state index in [2.05, 4.69) is 26.1 Å². The van der Waals surface area contributed by atoms with E-state index in [1.807, 2.05) is 29.6 Å². The van der Waals surface area contributed by atoms with Gasteiger partial charge in [-0.2, -0.15) is 0 Å². The number of hydrogen-bond acceptors (Lipinski definition) is 7. The first-order valence-electron chi connectivity index (χ1n) is 6.88. The summed E-state index contributed by atoms with van der Waals surface area (Å²) < 4.78 is 17.8. The standard InChI is InChI=1S/C15H11BrN2O3S2/c16-10-7-12-11(19-3-4-20-12)6-9(10)8-23-15-18-17-14(21-15)13-2-1-5-22-13/h1-2,5-7H,3-4,8H2. The van der Waals surface area contributed by atoms with Crippen molar-refractivity contribution in [1.82, 2.24) is 10.2 Å². The van der Waals surface area contributed by atoms with Gasteiger partial charge in [0.15, 0.2) is 11.5 Å². The van der Waals surface area contributed by atoms with E-state index in [0.29, 0.717) is 30.1 Å². The predicted octanol–water partition coefficient (Wildman–Crippen LogP) is 4.62. The third-order valence-corrected chi connectivity index (χ3v) is 5.66. The zero-order chi connectivity index (χ0) is 15.6. The van der Waals surface area contributed by atoms with E-state index in [1.165, 1.54) is 11.8 Å². The molecule has 4 rings (SSSR count). The second-order valence-corrected chi connectivity index (χ2v) is 7.45. The Bertz CT molecular complexity index is 820. The molecule has 3 aromatic rings. The molecule has 1 aliphatic rings. The minimum atomic E-state index is 0.551. The Morgan fingerprint density at radius 1 is 1.17 bits per heavy atom. The number of thioether (sulfide) groups is 1. The molecular weight excluding hydrogens is 400 g/mol. The molecule has 0 radical (unpaired) electrons. The fraction of sp³-hybridized carbons (Fsp3) is 0.200. The van der Waals surface area contributed by atoms with E-state index < -0.39 is 0 Å². The molecule has 2 aromatic heterocycles. The molecule has 1 aliphatic heterocycles. The maximum absolute atomic E-state index is 5.68. The Hall–Kier alpha value is -1.51. The third-order valence-electron chi connectivity index (χ3n) is 3.20. The van der Waals surface area contributed by atoms with Crippen molar-refractivity contribution in [2.75, 3.05) is 13.2 Å². The molecule has 5 nitrogen and oxygen atoms in total. The van der Waals surface area contributed by atoms with Crippen molar-refractivity contribution in [2.45, 2.75) is 11.0 Å². The highest BCUT2D eigenvalue weighted by Crippen LogP contribution is 2.38. The molecule has 118 valence electrons. The molecule has 0 saturated carbocycles. The van der Waals surface area contributed by atoms with Gasteiger partial charge in [0.1, 0.15) is 13.2 Å². The predicted molar refractivity (Wildman–Crippen MR) is 92.3 cm³/mol. The fourth-order valence-electron chi connectivity index (χ4n) is 2.12. The smallest absolute Gasteiger partial charge is 0.277 e. The number of thiophene rings is 1. The van der Waals surface area contributed by atoms with Crippen LogP contribution in [0.5, 0.6) is 11.5 Å². The third kappa shape index (κ3) is 3.24. The molecule has 0 bridgehead atoms. The minimum Gasteiger partial charge on any atom is -0.486 e. The largest absolute Gasteiger partial charge is 0.486 e. The number of aromatic nitrogens is 2. The average Bonchev–Trinajstić information content (AvgIpc) is 3.24. The Morgan fingerprint density at radius 3 is 2.78 bits per heavy atom. The first-order chi connectivity index (χ1) is 11.3. The van der Waals surface area contributed by atoms with Crippen molar-refractivity contribution in [2.24, 2.45) is 0 Å². The molecule has 23 heavy (non-hydrogen) atoms. The molecule has 8 heteroatoms. The van der Waals surface area contributed by atoms with Crippen LogP contribution in [0, 0.1) is 0 Å². The summed E-state index contributed by atoms with van der Waals surface area (Å²) in [6.07, 6.45) is 0. The van der Waals surface area contributed by atoms with Crippen molar-refractivity contribution in [3.63, 3.8) is 0 Å². The van der Waals surface area contributed by atoms with Gasteiger partial charge in [-0.1, -0.05) is 33.8 Å². The van der Waals surface area contributed by atoms with Crippen molar-refractivity contribution < 1.29 is 13.9 Å². The normalized spacial score (nSPS) is 13.3. The van der Waals surface area contributed by atoms with E-state index in [1.54, 1.807) is 11.3 Å². The summed E-state index contributed by atoms with van der Waals surface area (Å²) in [5.74, 6) is 2.81. The minimum absolute atomic E-state index is 0.551. The average molecular weight is 411 g/mol. The summed E-state index contributed by atoms with van der Waals surface area (Å²) in [6.45, 7) is 1.16. The molecule has 0 atom stereocenters. The highest BCUT2D eigenvalue weighted by molar-refractivity contribution is 9.10. The van der Waals surface area contributed by atoms with Gasteiger partial charge < -0.3 is 13.9 Å². The van der Waals surface area contributed by atoms with Gasteiger partial charge >= 0.3 is 0 Å². The van der Waals surface area contributed by atoms with E-state index in [0.717, 1.165) is 26.4 Å². The zero-order valence-electron chi connectivity index (χ0n) is 11.8. The van der Waals surface area contributed by atoms with Gasteiger partial charge in [0.05, 0.1) is 4.88 Å². The Balaban J connectivity index is 1.49. The van der Waals surface area contributed by atoms with E-state index in [9.17, 15) is 0 Å². The second-order valence-electron chi connectivity index (χ2n) is 4.73. The Labute approximate surface area is 149 Å². The number of hydrogen-bond donors (Lipinski definition) is 0. The van der Waals surface area contributed by atoms with Crippen molar-refractivity contribution in [1.29, 1.82) is 0 Å². The summed E-state index contributed by atoms with van der Waals surface area (Å²) in [6, 6.07) is 7.85. The van der Waals surface area contributed by atoms with Gasteiger partial charge in [0, 0.05) is 10.2 Å². The lowest BCUT2D eigenvalue weighted by molar-refractivity contribution is 0.171. The zero-order valence-corrected chi connectivity index (χ0v) is 15.0. The summed E-state index contributed by atoms with van der Waals surface area (Å²) >= 11 is 6.64. The van der Waals surface area contributed by atoms with E-state index in [4.69, 9.17) is 13.9 Å². The molecule has 0 N–H and O–H groups in total. The van der Waals surface area contributed by atoms with Crippen LogP contribution >= 0.6 is 39.0 Å². The SMILES string of the molecule is Brc1cc2c(cc1CSc1nnc(-c3cccs3)o1)OCCO2. The van der Waals surface area contributed by atoms with Crippen LogP contribution < -0.4 is 9.47 Å². The van der Waals surface area contributed by atoms with Crippen LogP contribution in [-0.4, -0.2) is 23.4 Å². The Morgan fingerprint density at radius 2 is 2.00 bits per heavy atom. The highest BCUT2D eigenvalue weighted by Gasteiger charge is 2.16. The highest BCUT2D eigenvalue weighted by atomic mass is 79.9. The summed E-state index contributed by atoms with van der Waals surface area (Å²) in [5.41, 5.74) is 1.09. The summed E-state index contributed by atoms with van der Waals surface area (Å²) in [7, 11) is 0. The lowest BCUT2D eigenvalue weighted by Gasteiger charge is -2.19. The molecular formula is C15H11BrN2O3S2. The maximum atomic E-state index is 5.68. The number of nitrogens with zero attached hydrogens (tertiary/aromatic N) is 2. The van der Waals surface area contributed by atoms with E-state index in [-0.39, 0.29) is 0 Å². The summed E-state index contributed by atoms with van der Waals surface area (Å²) in [4.78, 5) is 0.977. The lowest BCUT2D eigenvalue weighted by atomic mass is 10.2. The molecule has 0 amide bonds. The van der Waals surface area contributed by atoms with Gasteiger partial charge in [-0.3, -0.25) is 0 Å². The fourth-order valence-corrected chi connectivity index (χ4v) is 4.17. The number of ether oxygens (including phenoxy) is 2. The number of halogens is 1. The van der Waals surface area contributed by atoms with Gasteiger partial charge in [0.2, 0.25) is 0 Å². The Kier molecular flexibility index (Phi) is 4.28. The first kappa shape index (κ1) is 15.0. The van der Waals surface area contributed by atoms with Gasteiger partial charge in [-0.15, -0.1) is 21.5 Å². The van der Waals surface area contributed by atoms with Crippen LogP contribution in [0.3, 0.4) is 0 Å². The van der Waals surface area contributed by atoms with Crippen LogP contribution in [0.4, 0.5) is 0 Å².